The minimum Gasteiger partial charge on any atom is -0.352 e. The number of amides is 2. The molecular weight excluding hydrogens is 300 g/mol. The number of aryl methyl sites for hydroxylation is 1. The van der Waals surface area contributed by atoms with E-state index in [0.29, 0.717) is 18.5 Å². The third kappa shape index (κ3) is 4.02. The number of hydrogen-bond donors (Lipinski definition) is 1. The topological polar surface area (TPSA) is 49.4 Å². The number of hydrogen-bond acceptors (Lipinski definition) is 2. The molecular formula is C20H22N2O2. The van der Waals surface area contributed by atoms with Gasteiger partial charge in [0.2, 0.25) is 5.91 Å². The first-order valence-corrected chi connectivity index (χ1v) is 8.46. The van der Waals surface area contributed by atoms with E-state index in [-0.39, 0.29) is 11.8 Å². The predicted octanol–water partition coefficient (Wildman–Crippen LogP) is 3.18. The molecule has 3 rings (SSSR count). The molecule has 1 N–H and O–H groups in total. The fourth-order valence-electron chi connectivity index (χ4n) is 2.96. The van der Waals surface area contributed by atoms with Crippen LogP contribution in [0.4, 0.5) is 5.69 Å². The van der Waals surface area contributed by atoms with Gasteiger partial charge in [0, 0.05) is 30.8 Å². The highest BCUT2D eigenvalue weighted by Gasteiger charge is 2.21. The van der Waals surface area contributed by atoms with E-state index in [9.17, 15) is 9.59 Å². The Morgan fingerprint density at radius 2 is 1.79 bits per heavy atom. The normalized spacial score (nSPS) is 14.0. The second-order valence-corrected chi connectivity index (χ2v) is 6.04. The van der Waals surface area contributed by atoms with E-state index in [0.717, 1.165) is 31.5 Å². The van der Waals surface area contributed by atoms with Gasteiger partial charge in [0.15, 0.2) is 0 Å². The number of anilines is 1. The monoisotopic (exact) mass is 322 g/mol. The van der Waals surface area contributed by atoms with Crippen LogP contribution in [0, 0.1) is 0 Å². The lowest BCUT2D eigenvalue weighted by Crippen LogP contribution is -2.25. The Kier molecular flexibility index (Phi) is 5.26. The summed E-state index contributed by atoms with van der Waals surface area (Å²) in [7, 11) is 0. The molecule has 1 aliphatic heterocycles. The van der Waals surface area contributed by atoms with E-state index in [1.165, 1.54) is 5.56 Å². The molecule has 0 spiro atoms. The Morgan fingerprint density at radius 1 is 1.04 bits per heavy atom. The number of benzene rings is 2. The number of carbonyl (C=O) groups excluding carboxylic acids is 2. The van der Waals surface area contributed by atoms with E-state index in [1.807, 2.05) is 30.3 Å². The van der Waals surface area contributed by atoms with Gasteiger partial charge in [-0.15, -0.1) is 0 Å². The van der Waals surface area contributed by atoms with E-state index >= 15 is 0 Å². The number of nitrogens with zero attached hydrogens (tertiary/aromatic N) is 1. The van der Waals surface area contributed by atoms with Crippen molar-refractivity contribution in [1.29, 1.82) is 0 Å². The van der Waals surface area contributed by atoms with Crippen molar-refractivity contribution in [2.75, 3.05) is 18.0 Å². The first kappa shape index (κ1) is 16.2. The van der Waals surface area contributed by atoms with Crippen LogP contribution in [0.2, 0.25) is 0 Å². The summed E-state index contributed by atoms with van der Waals surface area (Å²) < 4.78 is 0. The van der Waals surface area contributed by atoms with Crippen molar-refractivity contribution in [3.8, 4) is 0 Å². The lowest BCUT2D eigenvalue weighted by atomic mass is 10.1. The first-order valence-electron chi connectivity index (χ1n) is 8.46. The summed E-state index contributed by atoms with van der Waals surface area (Å²) in [6.45, 7) is 1.42. The molecule has 1 aliphatic rings. The lowest BCUT2D eigenvalue weighted by molar-refractivity contribution is -0.117. The third-order valence-electron chi connectivity index (χ3n) is 4.29. The van der Waals surface area contributed by atoms with Crippen LogP contribution in [0.5, 0.6) is 0 Å². The van der Waals surface area contributed by atoms with Crippen LogP contribution >= 0.6 is 0 Å². The van der Waals surface area contributed by atoms with E-state index in [4.69, 9.17) is 0 Å². The van der Waals surface area contributed by atoms with E-state index < -0.39 is 0 Å². The van der Waals surface area contributed by atoms with Crippen LogP contribution in [0.25, 0.3) is 0 Å². The molecule has 2 aromatic rings. The van der Waals surface area contributed by atoms with Gasteiger partial charge in [0.25, 0.3) is 5.91 Å². The lowest BCUT2D eigenvalue weighted by Gasteiger charge is -2.15. The zero-order valence-electron chi connectivity index (χ0n) is 13.7. The Hall–Kier alpha value is -2.62. The van der Waals surface area contributed by atoms with Crippen LogP contribution in [0.15, 0.2) is 54.6 Å². The van der Waals surface area contributed by atoms with Crippen molar-refractivity contribution < 1.29 is 9.59 Å². The van der Waals surface area contributed by atoms with Crippen molar-refractivity contribution in [3.63, 3.8) is 0 Å². The number of rotatable bonds is 6. The van der Waals surface area contributed by atoms with E-state index in [2.05, 4.69) is 17.4 Å². The van der Waals surface area contributed by atoms with Crippen molar-refractivity contribution >= 4 is 17.5 Å². The van der Waals surface area contributed by atoms with Gasteiger partial charge in [0.1, 0.15) is 0 Å². The predicted molar refractivity (Wildman–Crippen MR) is 95.1 cm³/mol. The molecule has 1 heterocycles. The average Bonchev–Trinajstić information content (AvgIpc) is 3.05. The van der Waals surface area contributed by atoms with Crippen LogP contribution in [-0.4, -0.2) is 24.9 Å². The fraction of sp³-hybridized carbons (Fsp3) is 0.300. The summed E-state index contributed by atoms with van der Waals surface area (Å²) in [5.41, 5.74) is 2.79. The third-order valence-corrected chi connectivity index (χ3v) is 4.29. The highest BCUT2D eigenvalue weighted by atomic mass is 16.2. The maximum absolute atomic E-state index is 12.2. The highest BCUT2D eigenvalue weighted by molar-refractivity contribution is 5.97. The zero-order chi connectivity index (χ0) is 16.8. The van der Waals surface area contributed by atoms with Crippen LogP contribution in [-0.2, 0) is 11.2 Å². The molecule has 0 radical (unpaired) electrons. The number of carbonyl (C=O) groups is 2. The smallest absolute Gasteiger partial charge is 0.251 e. The second kappa shape index (κ2) is 7.77. The summed E-state index contributed by atoms with van der Waals surface area (Å²) in [6, 6.07) is 17.5. The highest BCUT2D eigenvalue weighted by Crippen LogP contribution is 2.21. The molecule has 1 saturated heterocycles. The van der Waals surface area contributed by atoms with Gasteiger partial charge >= 0.3 is 0 Å². The van der Waals surface area contributed by atoms with Crippen molar-refractivity contribution in [2.45, 2.75) is 25.7 Å². The fourth-order valence-corrected chi connectivity index (χ4v) is 2.96. The molecule has 4 heteroatoms. The minimum atomic E-state index is -0.0673. The molecule has 24 heavy (non-hydrogen) atoms. The van der Waals surface area contributed by atoms with Crippen LogP contribution in [0.3, 0.4) is 0 Å². The molecule has 0 saturated carbocycles. The van der Waals surface area contributed by atoms with Crippen molar-refractivity contribution in [3.05, 3.63) is 65.7 Å². The molecule has 2 aromatic carbocycles. The molecule has 0 atom stereocenters. The minimum absolute atomic E-state index is 0.0673. The molecule has 0 aliphatic carbocycles. The van der Waals surface area contributed by atoms with Crippen LogP contribution in [0.1, 0.15) is 35.2 Å². The zero-order valence-corrected chi connectivity index (χ0v) is 13.7. The molecule has 4 nitrogen and oxygen atoms in total. The quantitative estimate of drug-likeness (QED) is 0.831. The largest absolute Gasteiger partial charge is 0.352 e. The Bertz CT molecular complexity index is 695. The maximum atomic E-state index is 12.2. The molecule has 0 aromatic heterocycles. The van der Waals surface area contributed by atoms with Crippen LogP contribution < -0.4 is 10.2 Å². The van der Waals surface area contributed by atoms with Gasteiger partial charge < -0.3 is 10.2 Å². The van der Waals surface area contributed by atoms with Gasteiger partial charge in [-0.2, -0.15) is 0 Å². The summed E-state index contributed by atoms with van der Waals surface area (Å²) >= 11 is 0. The Balaban J connectivity index is 1.47. The summed E-state index contributed by atoms with van der Waals surface area (Å²) in [5.74, 6) is 0.0930. The average molecular weight is 322 g/mol. The molecule has 0 bridgehead atoms. The van der Waals surface area contributed by atoms with Gasteiger partial charge in [-0.05, 0) is 49.1 Å². The maximum Gasteiger partial charge on any atom is 0.251 e. The Labute approximate surface area is 142 Å². The van der Waals surface area contributed by atoms with Gasteiger partial charge in [0.05, 0.1) is 0 Å². The summed E-state index contributed by atoms with van der Waals surface area (Å²) in [6.07, 6.45) is 3.39. The van der Waals surface area contributed by atoms with E-state index in [1.54, 1.807) is 17.0 Å². The van der Waals surface area contributed by atoms with Gasteiger partial charge in [-0.3, -0.25) is 9.59 Å². The number of nitrogens with one attached hydrogen (secondary N) is 1. The second-order valence-electron chi connectivity index (χ2n) is 6.04. The standard InChI is InChI=1S/C20H22N2O2/c23-19-9-5-15-22(19)18-12-10-17(11-13-18)20(24)21-14-4-8-16-6-2-1-3-7-16/h1-3,6-7,10-13H,4-5,8-9,14-15H2,(H,21,24). The molecule has 0 unspecified atom stereocenters. The van der Waals surface area contributed by atoms with Gasteiger partial charge in [-0.1, -0.05) is 30.3 Å². The molecule has 124 valence electrons. The summed E-state index contributed by atoms with van der Waals surface area (Å²) in [5, 5.41) is 2.95. The Morgan fingerprint density at radius 3 is 2.46 bits per heavy atom. The van der Waals surface area contributed by atoms with Crippen molar-refractivity contribution in [2.24, 2.45) is 0 Å². The SMILES string of the molecule is O=C(NCCCc1ccccc1)c1ccc(N2CCCC2=O)cc1. The van der Waals surface area contributed by atoms with Gasteiger partial charge in [-0.25, -0.2) is 0 Å². The van der Waals surface area contributed by atoms with Crippen molar-refractivity contribution in [1.82, 2.24) is 5.32 Å². The summed E-state index contributed by atoms with van der Waals surface area (Å²) in [4.78, 5) is 25.7. The molecule has 1 fully saturated rings. The first-order chi connectivity index (χ1) is 11.7. The molecule has 2 amide bonds.